The van der Waals surface area contributed by atoms with Gasteiger partial charge in [0.15, 0.2) is 0 Å². The molecule has 1 atom stereocenters. The molecule has 0 aliphatic heterocycles. The number of carbonyl (C=O) groups is 1. The first kappa shape index (κ1) is 27.6. The van der Waals surface area contributed by atoms with Gasteiger partial charge in [0.2, 0.25) is 0 Å². The van der Waals surface area contributed by atoms with Crippen LogP contribution in [0.5, 0.6) is 5.75 Å². The van der Waals surface area contributed by atoms with Gasteiger partial charge in [0.05, 0.1) is 16.8 Å². The van der Waals surface area contributed by atoms with Crippen molar-refractivity contribution < 1.29 is 24.1 Å². The Hall–Kier alpha value is -2.94. The number of carbonyl (C=O) groups excluding carboxylic acids is 1. The maximum atomic E-state index is 15.0. The largest absolute Gasteiger partial charge is 0.489 e. The van der Waals surface area contributed by atoms with E-state index in [4.69, 9.17) is 16.3 Å². The van der Waals surface area contributed by atoms with Crippen molar-refractivity contribution in [2.45, 2.75) is 58.3 Å². The monoisotopic (exact) mass is 517 g/mol. The number of hydrogen-bond acceptors (Lipinski definition) is 5. The molecule has 0 aliphatic rings. The highest BCUT2D eigenvalue weighted by atomic mass is 35.5. The van der Waals surface area contributed by atoms with Crippen molar-refractivity contribution in [3.63, 3.8) is 0 Å². The van der Waals surface area contributed by atoms with Crippen LogP contribution in [0.3, 0.4) is 0 Å². The number of rotatable bonds is 10. The standard InChI is InChI=1S/C27H33ClFN3O4/c1-16(2)36-24-9-7-18(14-21(24)28)25(34)30-19(10-11-33)12-17-6-8-20(22(29)13-17)23-15-32(5)26(31-23)27(3,4)35/h6-9,13-16,19,33,35H,10-12H2,1-5H3,(H,30,34). The highest BCUT2D eigenvalue weighted by Crippen LogP contribution is 2.28. The van der Waals surface area contributed by atoms with Crippen molar-refractivity contribution >= 4 is 17.5 Å². The van der Waals surface area contributed by atoms with Crippen molar-refractivity contribution in [2.24, 2.45) is 7.05 Å². The first-order valence-corrected chi connectivity index (χ1v) is 12.2. The van der Waals surface area contributed by atoms with Crippen LogP contribution in [0.15, 0.2) is 42.6 Å². The number of aliphatic hydroxyl groups is 2. The van der Waals surface area contributed by atoms with E-state index in [1.807, 2.05) is 13.8 Å². The molecule has 3 N–H and O–H groups in total. The van der Waals surface area contributed by atoms with Crippen LogP contribution in [-0.2, 0) is 19.1 Å². The molecule has 3 rings (SSSR count). The van der Waals surface area contributed by atoms with Crippen molar-refractivity contribution in [1.29, 1.82) is 0 Å². The Bertz CT molecular complexity index is 1220. The molecule has 0 radical (unpaired) electrons. The van der Waals surface area contributed by atoms with Crippen LogP contribution < -0.4 is 10.1 Å². The van der Waals surface area contributed by atoms with E-state index in [9.17, 15) is 15.0 Å². The quantitative estimate of drug-likeness (QED) is 0.365. The molecule has 1 unspecified atom stereocenters. The summed E-state index contributed by atoms with van der Waals surface area (Å²) >= 11 is 6.26. The summed E-state index contributed by atoms with van der Waals surface area (Å²) in [5, 5.41) is 23.0. The first-order valence-electron chi connectivity index (χ1n) is 11.8. The van der Waals surface area contributed by atoms with E-state index in [1.165, 1.54) is 12.1 Å². The summed E-state index contributed by atoms with van der Waals surface area (Å²) in [5.74, 6) is 0.106. The summed E-state index contributed by atoms with van der Waals surface area (Å²) in [6.07, 6.45) is 2.24. The predicted molar refractivity (Wildman–Crippen MR) is 138 cm³/mol. The SMILES string of the molecule is CC(C)Oc1ccc(C(=O)NC(CCO)Cc2ccc(-c3cn(C)c(C(C)(C)O)n3)c(F)c2)cc1Cl. The molecular formula is C27H33ClFN3O4. The third kappa shape index (κ3) is 6.84. The number of aryl methyl sites for hydroxylation is 1. The predicted octanol–water partition coefficient (Wildman–Crippen LogP) is 4.62. The maximum absolute atomic E-state index is 15.0. The first-order chi connectivity index (χ1) is 16.9. The van der Waals surface area contributed by atoms with Crippen LogP contribution in [0.25, 0.3) is 11.3 Å². The van der Waals surface area contributed by atoms with Gasteiger partial charge in [-0.3, -0.25) is 4.79 Å². The Kier molecular flexibility index (Phi) is 8.76. The van der Waals surface area contributed by atoms with Crippen LogP contribution in [0.1, 0.15) is 55.9 Å². The third-order valence-electron chi connectivity index (χ3n) is 5.58. The Morgan fingerprint density at radius 2 is 1.97 bits per heavy atom. The molecule has 3 aromatic rings. The van der Waals surface area contributed by atoms with Gasteiger partial charge in [-0.1, -0.05) is 17.7 Å². The molecule has 0 fully saturated rings. The Labute approximate surface area is 215 Å². The minimum atomic E-state index is -1.16. The molecule has 0 aliphatic carbocycles. The molecular weight excluding hydrogens is 485 g/mol. The summed E-state index contributed by atoms with van der Waals surface area (Å²) in [7, 11) is 1.75. The lowest BCUT2D eigenvalue weighted by Crippen LogP contribution is -2.37. The average Bonchev–Trinajstić information content (AvgIpc) is 3.17. The number of imidazole rings is 1. The van der Waals surface area contributed by atoms with Gasteiger partial charge >= 0.3 is 0 Å². The number of nitrogens with one attached hydrogen (secondary N) is 1. The summed E-state index contributed by atoms with van der Waals surface area (Å²) in [5.41, 5.74) is 0.586. The van der Waals surface area contributed by atoms with Gasteiger partial charge < -0.3 is 24.8 Å². The highest BCUT2D eigenvalue weighted by molar-refractivity contribution is 6.32. The van der Waals surface area contributed by atoms with Crippen molar-refractivity contribution in [1.82, 2.24) is 14.9 Å². The van der Waals surface area contributed by atoms with Gasteiger partial charge in [-0.15, -0.1) is 0 Å². The lowest BCUT2D eigenvalue weighted by Gasteiger charge is -2.19. The molecule has 36 heavy (non-hydrogen) atoms. The zero-order valence-electron chi connectivity index (χ0n) is 21.2. The van der Waals surface area contributed by atoms with Gasteiger partial charge in [0.1, 0.15) is 23.0 Å². The summed E-state index contributed by atoms with van der Waals surface area (Å²) in [6, 6.07) is 9.18. The summed E-state index contributed by atoms with van der Waals surface area (Å²) in [4.78, 5) is 17.2. The van der Waals surface area contributed by atoms with E-state index < -0.39 is 17.5 Å². The van der Waals surface area contributed by atoms with E-state index >= 15 is 4.39 Å². The van der Waals surface area contributed by atoms with Gasteiger partial charge in [-0.25, -0.2) is 9.37 Å². The molecule has 0 saturated carbocycles. The van der Waals surface area contributed by atoms with Crippen molar-refractivity contribution in [3.8, 4) is 17.0 Å². The highest BCUT2D eigenvalue weighted by Gasteiger charge is 2.24. The molecule has 2 aromatic carbocycles. The van der Waals surface area contributed by atoms with E-state index in [2.05, 4.69) is 10.3 Å². The van der Waals surface area contributed by atoms with Gasteiger partial charge in [-0.05, 0) is 76.4 Å². The lowest BCUT2D eigenvalue weighted by atomic mass is 10.0. The summed E-state index contributed by atoms with van der Waals surface area (Å²) < 4.78 is 22.3. The minimum absolute atomic E-state index is 0.0517. The van der Waals surface area contributed by atoms with Crippen molar-refractivity contribution in [2.75, 3.05) is 6.61 Å². The number of aliphatic hydroxyl groups excluding tert-OH is 1. The van der Waals surface area contributed by atoms with E-state index in [0.29, 0.717) is 51.8 Å². The zero-order chi connectivity index (χ0) is 26.6. The van der Waals surface area contributed by atoms with E-state index in [0.717, 1.165) is 0 Å². The molecule has 0 spiro atoms. The van der Waals surface area contributed by atoms with Crippen LogP contribution >= 0.6 is 11.6 Å². The molecule has 0 saturated heterocycles. The summed E-state index contributed by atoms with van der Waals surface area (Å²) in [6.45, 7) is 6.87. The normalized spacial score (nSPS) is 12.6. The van der Waals surface area contributed by atoms with E-state index in [1.54, 1.807) is 55.9 Å². The second-order valence-electron chi connectivity index (χ2n) is 9.63. The number of ether oxygens (including phenoxy) is 1. The van der Waals surface area contributed by atoms with Crippen LogP contribution in [0.4, 0.5) is 4.39 Å². The van der Waals surface area contributed by atoms with Crippen LogP contribution in [0.2, 0.25) is 5.02 Å². The molecule has 1 amide bonds. The molecule has 7 nitrogen and oxygen atoms in total. The molecule has 1 heterocycles. The minimum Gasteiger partial charge on any atom is -0.489 e. The van der Waals surface area contributed by atoms with Crippen LogP contribution in [0, 0.1) is 5.82 Å². The molecule has 0 bridgehead atoms. The fourth-order valence-corrected chi connectivity index (χ4v) is 4.21. The van der Waals surface area contributed by atoms with Gasteiger partial charge in [0, 0.05) is 37.0 Å². The smallest absolute Gasteiger partial charge is 0.251 e. The average molecular weight is 518 g/mol. The fourth-order valence-electron chi connectivity index (χ4n) is 3.98. The molecule has 9 heteroatoms. The van der Waals surface area contributed by atoms with Crippen LogP contribution in [-0.4, -0.2) is 44.4 Å². The van der Waals surface area contributed by atoms with Gasteiger partial charge in [-0.2, -0.15) is 0 Å². The number of halogens is 2. The Morgan fingerprint density at radius 1 is 1.25 bits per heavy atom. The number of amides is 1. The number of benzene rings is 2. The second-order valence-corrected chi connectivity index (χ2v) is 10.0. The molecule has 194 valence electrons. The number of hydrogen-bond donors (Lipinski definition) is 3. The maximum Gasteiger partial charge on any atom is 0.251 e. The Morgan fingerprint density at radius 3 is 2.53 bits per heavy atom. The topological polar surface area (TPSA) is 96.6 Å². The second kappa shape index (κ2) is 11.4. The fraction of sp³-hybridized carbons (Fsp3) is 0.407. The van der Waals surface area contributed by atoms with Gasteiger partial charge in [0.25, 0.3) is 5.91 Å². The third-order valence-corrected chi connectivity index (χ3v) is 5.88. The number of aromatic nitrogens is 2. The zero-order valence-corrected chi connectivity index (χ0v) is 21.9. The molecule has 1 aromatic heterocycles. The van der Waals surface area contributed by atoms with Crippen molar-refractivity contribution in [3.05, 3.63) is 70.4 Å². The Balaban J connectivity index is 1.75. The number of nitrogens with zero attached hydrogens (tertiary/aromatic N) is 2. The lowest BCUT2D eigenvalue weighted by molar-refractivity contribution is 0.0659. The van der Waals surface area contributed by atoms with E-state index in [-0.39, 0.29) is 18.6 Å².